The van der Waals surface area contributed by atoms with E-state index in [4.69, 9.17) is 5.53 Å². The molecule has 0 atom stereocenters. The summed E-state index contributed by atoms with van der Waals surface area (Å²) in [5.41, 5.74) is 12.7. The maximum atomic E-state index is 12.7. The van der Waals surface area contributed by atoms with Crippen molar-refractivity contribution in [3.63, 3.8) is 0 Å². The quantitative estimate of drug-likeness (QED) is 0.303. The Morgan fingerprint density at radius 2 is 1.46 bits per heavy atom. The molecule has 118 valence electrons. The van der Waals surface area contributed by atoms with Gasteiger partial charge in [-0.25, -0.2) is 0 Å². The van der Waals surface area contributed by atoms with Crippen molar-refractivity contribution in [1.82, 2.24) is 0 Å². The van der Waals surface area contributed by atoms with Gasteiger partial charge in [0.2, 0.25) is 0 Å². The van der Waals surface area contributed by atoms with Gasteiger partial charge in [0.05, 0.1) is 0 Å². The van der Waals surface area contributed by atoms with Gasteiger partial charge in [-0.05, 0) is 48.1 Å². The third-order valence-electron chi connectivity index (χ3n) is 4.01. The summed E-state index contributed by atoms with van der Waals surface area (Å²) in [6, 6.07) is 17.2. The molecule has 0 heterocycles. The molecule has 24 heavy (non-hydrogen) atoms. The van der Waals surface area contributed by atoms with Crippen molar-refractivity contribution in [1.29, 1.82) is 0 Å². The standard InChI is InChI=1S/C20H17N3O/c21-23-22-19-11-9-16(10-12-19)14-18-8-4-7-17(20(18)24)13-15-5-2-1-3-6-15/h1-3,5-6,9-14H,4,7-8H2/b17-13+,18-14+. The first kappa shape index (κ1) is 15.8. The Kier molecular flexibility index (Phi) is 4.90. The van der Waals surface area contributed by atoms with Gasteiger partial charge in [0, 0.05) is 21.7 Å². The molecule has 0 bridgehead atoms. The molecule has 0 amide bonds. The fourth-order valence-electron chi connectivity index (χ4n) is 2.82. The van der Waals surface area contributed by atoms with Gasteiger partial charge in [0.25, 0.3) is 0 Å². The molecule has 1 saturated carbocycles. The summed E-state index contributed by atoms with van der Waals surface area (Å²) in [4.78, 5) is 15.5. The van der Waals surface area contributed by atoms with Gasteiger partial charge in [-0.1, -0.05) is 59.7 Å². The van der Waals surface area contributed by atoms with Crippen LogP contribution in [-0.4, -0.2) is 5.78 Å². The molecular weight excluding hydrogens is 298 g/mol. The van der Waals surface area contributed by atoms with Gasteiger partial charge < -0.3 is 0 Å². The molecule has 0 aliphatic heterocycles. The third-order valence-corrected chi connectivity index (χ3v) is 4.01. The minimum atomic E-state index is 0.129. The molecule has 1 aliphatic rings. The lowest BCUT2D eigenvalue weighted by atomic mass is 9.87. The van der Waals surface area contributed by atoms with Crippen molar-refractivity contribution >= 4 is 23.6 Å². The van der Waals surface area contributed by atoms with Crippen LogP contribution in [-0.2, 0) is 4.79 Å². The second kappa shape index (κ2) is 7.44. The summed E-state index contributed by atoms with van der Waals surface area (Å²) in [5.74, 6) is 0.129. The average Bonchev–Trinajstić information content (AvgIpc) is 2.61. The average molecular weight is 315 g/mol. The molecule has 0 N–H and O–H groups in total. The second-order valence-corrected chi connectivity index (χ2v) is 5.71. The van der Waals surface area contributed by atoms with Gasteiger partial charge in [0.15, 0.2) is 5.78 Å². The van der Waals surface area contributed by atoms with E-state index < -0.39 is 0 Å². The number of rotatable bonds is 3. The van der Waals surface area contributed by atoms with E-state index in [2.05, 4.69) is 10.0 Å². The van der Waals surface area contributed by atoms with Gasteiger partial charge >= 0.3 is 0 Å². The van der Waals surface area contributed by atoms with Crippen LogP contribution in [0.4, 0.5) is 5.69 Å². The number of carbonyl (C=O) groups excluding carboxylic acids is 1. The van der Waals surface area contributed by atoms with Crippen molar-refractivity contribution < 1.29 is 4.79 Å². The highest BCUT2D eigenvalue weighted by Crippen LogP contribution is 2.28. The largest absolute Gasteiger partial charge is 0.289 e. The minimum absolute atomic E-state index is 0.129. The van der Waals surface area contributed by atoms with E-state index in [0.29, 0.717) is 5.69 Å². The van der Waals surface area contributed by atoms with Crippen LogP contribution in [0.15, 0.2) is 70.9 Å². The van der Waals surface area contributed by atoms with Crippen LogP contribution in [0.1, 0.15) is 30.4 Å². The van der Waals surface area contributed by atoms with Crippen LogP contribution in [0, 0.1) is 0 Å². The number of carbonyl (C=O) groups is 1. The number of hydrogen-bond acceptors (Lipinski definition) is 2. The van der Waals surface area contributed by atoms with Gasteiger partial charge in [0.1, 0.15) is 0 Å². The van der Waals surface area contributed by atoms with Crippen molar-refractivity contribution in [2.24, 2.45) is 5.11 Å². The van der Waals surface area contributed by atoms with E-state index in [0.717, 1.165) is 41.5 Å². The number of azide groups is 1. The number of allylic oxidation sites excluding steroid dienone is 2. The predicted octanol–water partition coefficient (Wildman–Crippen LogP) is 5.85. The highest BCUT2D eigenvalue weighted by Gasteiger charge is 2.20. The van der Waals surface area contributed by atoms with Crippen LogP contribution in [0.5, 0.6) is 0 Å². The molecule has 4 nitrogen and oxygen atoms in total. The monoisotopic (exact) mass is 315 g/mol. The lowest BCUT2D eigenvalue weighted by Gasteiger charge is -2.16. The zero-order valence-corrected chi connectivity index (χ0v) is 13.2. The lowest BCUT2D eigenvalue weighted by Crippen LogP contribution is -2.12. The van der Waals surface area contributed by atoms with Gasteiger partial charge in [-0.15, -0.1) is 0 Å². The van der Waals surface area contributed by atoms with E-state index in [1.54, 1.807) is 12.1 Å². The Morgan fingerprint density at radius 1 is 0.875 bits per heavy atom. The molecule has 1 aliphatic carbocycles. The SMILES string of the molecule is [N-]=[N+]=Nc1ccc(/C=C2\CCC/C(=C\c3ccccc3)C2=O)cc1. The number of Topliss-reactive ketones (excluding diaryl/α,β-unsaturated/α-hetero) is 1. The Hall–Kier alpha value is -3.10. The van der Waals surface area contributed by atoms with Gasteiger partial charge in [-0.2, -0.15) is 0 Å². The fourth-order valence-corrected chi connectivity index (χ4v) is 2.82. The van der Waals surface area contributed by atoms with Gasteiger partial charge in [-0.3, -0.25) is 4.79 Å². The lowest BCUT2D eigenvalue weighted by molar-refractivity contribution is -0.112. The first-order valence-electron chi connectivity index (χ1n) is 7.92. The summed E-state index contributed by atoms with van der Waals surface area (Å²) < 4.78 is 0. The van der Waals surface area contributed by atoms with E-state index >= 15 is 0 Å². The molecule has 0 spiro atoms. The molecule has 2 aromatic rings. The highest BCUT2D eigenvalue weighted by molar-refractivity contribution is 6.13. The molecule has 0 saturated heterocycles. The summed E-state index contributed by atoms with van der Waals surface area (Å²) in [6.07, 6.45) is 6.51. The van der Waals surface area contributed by atoms with Crippen molar-refractivity contribution in [2.45, 2.75) is 19.3 Å². The number of nitrogens with zero attached hydrogens (tertiary/aromatic N) is 3. The molecular formula is C20H17N3O. The summed E-state index contributed by atoms with van der Waals surface area (Å²) >= 11 is 0. The summed E-state index contributed by atoms with van der Waals surface area (Å²) in [7, 11) is 0. The van der Waals surface area contributed by atoms with Crippen LogP contribution in [0.2, 0.25) is 0 Å². The smallest absolute Gasteiger partial charge is 0.185 e. The molecule has 3 rings (SSSR count). The molecule has 4 heteroatoms. The maximum Gasteiger partial charge on any atom is 0.185 e. The van der Waals surface area contributed by atoms with Crippen LogP contribution < -0.4 is 0 Å². The fraction of sp³-hybridized carbons (Fsp3) is 0.150. The molecule has 0 radical (unpaired) electrons. The Bertz CT molecular complexity index is 842. The van der Waals surface area contributed by atoms with Crippen molar-refractivity contribution in [2.75, 3.05) is 0 Å². The van der Waals surface area contributed by atoms with Crippen LogP contribution in [0.25, 0.3) is 22.6 Å². The Morgan fingerprint density at radius 3 is 2.04 bits per heavy atom. The van der Waals surface area contributed by atoms with E-state index in [9.17, 15) is 4.79 Å². The van der Waals surface area contributed by atoms with Crippen LogP contribution in [0.3, 0.4) is 0 Å². The van der Waals surface area contributed by atoms with E-state index in [1.807, 2.05) is 54.6 Å². The molecule has 0 unspecified atom stereocenters. The predicted molar refractivity (Wildman–Crippen MR) is 96.5 cm³/mol. The normalized spacial score (nSPS) is 17.8. The molecule has 0 aromatic heterocycles. The molecule has 1 fully saturated rings. The minimum Gasteiger partial charge on any atom is -0.289 e. The first-order valence-corrected chi connectivity index (χ1v) is 7.92. The second-order valence-electron chi connectivity index (χ2n) is 5.71. The first-order chi connectivity index (χ1) is 11.8. The number of ketones is 1. The zero-order valence-electron chi connectivity index (χ0n) is 13.2. The maximum absolute atomic E-state index is 12.7. The Balaban J connectivity index is 1.84. The highest BCUT2D eigenvalue weighted by atomic mass is 16.1. The van der Waals surface area contributed by atoms with E-state index in [-0.39, 0.29) is 5.78 Å². The summed E-state index contributed by atoms with van der Waals surface area (Å²) in [6.45, 7) is 0. The van der Waals surface area contributed by atoms with Crippen LogP contribution >= 0.6 is 0 Å². The topological polar surface area (TPSA) is 65.8 Å². The Labute approximate surface area is 140 Å². The van der Waals surface area contributed by atoms with Crippen molar-refractivity contribution in [3.05, 3.63) is 87.3 Å². The van der Waals surface area contributed by atoms with Crippen molar-refractivity contribution in [3.8, 4) is 0 Å². The number of hydrogen-bond donors (Lipinski definition) is 0. The number of benzene rings is 2. The zero-order chi connectivity index (χ0) is 16.8. The molecule has 2 aromatic carbocycles. The van der Waals surface area contributed by atoms with E-state index in [1.165, 1.54) is 0 Å². The summed E-state index contributed by atoms with van der Waals surface area (Å²) in [5, 5.41) is 3.55. The third kappa shape index (κ3) is 3.80.